The van der Waals surface area contributed by atoms with Gasteiger partial charge in [-0.15, -0.1) is 0 Å². The number of nitrogens with zero attached hydrogens (tertiary/aromatic N) is 3. The zero-order valence-corrected chi connectivity index (χ0v) is 15.3. The highest BCUT2D eigenvalue weighted by Crippen LogP contribution is 2.11. The van der Waals surface area contributed by atoms with Crippen LogP contribution in [0.3, 0.4) is 0 Å². The Kier molecular flexibility index (Phi) is 7.13. The van der Waals surface area contributed by atoms with Crippen LogP contribution < -0.4 is 10.6 Å². The lowest BCUT2D eigenvalue weighted by Crippen LogP contribution is -2.47. The average molecular weight is 359 g/mol. The van der Waals surface area contributed by atoms with Crippen molar-refractivity contribution in [2.45, 2.75) is 39.4 Å². The number of aromatic nitrogens is 3. The van der Waals surface area contributed by atoms with Gasteiger partial charge in [0.05, 0.1) is 13.7 Å². The lowest BCUT2D eigenvalue weighted by Gasteiger charge is -2.20. The molecule has 0 aliphatic carbocycles. The molecule has 8 nitrogen and oxygen atoms in total. The molecule has 0 radical (unpaired) electrons. The average Bonchev–Trinajstić information content (AvgIpc) is 3.12. The normalized spacial score (nSPS) is 11.8. The number of carbonyl (C=O) groups is 2. The summed E-state index contributed by atoms with van der Waals surface area (Å²) in [6.45, 7) is 4.92. The van der Waals surface area contributed by atoms with E-state index in [0.29, 0.717) is 19.5 Å². The van der Waals surface area contributed by atoms with Crippen molar-refractivity contribution < 1.29 is 14.3 Å². The molecule has 1 unspecified atom stereocenters. The Morgan fingerprint density at radius 3 is 2.58 bits per heavy atom. The lowest BCUT2D eigenvalue weighted by molar-refractivity contribution is -0.123. The number of methoxy groups -OCH3 is 1. The van der Waals surface area contributed by atoms with Gasteiger partial charge in [-0.2, -0.15) is 5.10 Å². The number of hydrogen-bond donors (Lipinski definition) is 2. The van der Waals surface area contributed by atoms with E-state index in [2.05, 4.69) is 25.5 Å². The number of hydrogen-bond acceptors (Lipinski definition) is 5. The summed E-state index contributed by atoms with van der Waals surface area (Å²) in [5.41, 5.74) is 2.03. The minimum Gasteiger partial charge on any atom is -0.453 e. The molecule has 0 aliphatic heterocycles. The van der Waals surface area contributed by atoms with E-state index in [1.807, 2.05) is 38.1 Å². The summed E-state index contributed by atoms with van der Waals surface area (Å²) >= 11 is 0. The van der Waals surface area contributed by atoms with Gasteiger partial charge in [0.2, 0.25) is 5.91 Å². The van der Waals surface area contributed by atoms with Crippen molar-refractivity contribution in [1.29, 1.82) is 0 Å². The molecule has 0 bridgehead atoms. The molecule has 2 amide bonds. The second kappa shape index (κ2) is 9.55. The molecule has 0 saturated carbocycles. The Morgan fingerprint density at radius 2 is 1.96 bits per heavy atom. The third kappa shape index (κ3) is 5.87. The number of benzene rings is 1. The van der Waals surface area contributed by atoms with Gasteiger partial charge in [0.25, 0.3) is 0 Å². The van der Waals surface area contributed by atoms with Gasteiger partial charge in [-0.3, -0.25) is 4.79 Å². The number of alkyl carbamates (subject to hydrolysis) is 1. The van der Waals surface area contributed by atoms with Crippen molar-refractivity contribution in [3.8, 4) is 0 Å². The van der Waals surface area contributed by atoms with Gasteiger partial charge in [0, 0.05) is 6.54 Å². The van der Waals surface area contributed by atoms with Crippen LogP contribution in [0.25, 0.3) is 0 Å². The molecule has 2 aromatic rings. The summed E-state index contributed by atoms with van der Waals surface area (Å²) < 4.78 is 6.33. The molecule has 2 N–H and O–H groups in total. The quantitative estimate of drug-likeness (QED) is 0.748. The summed E-state index contributed by atoms with van der Waals surface area (Å²) in [7, 11) is 1.28. The third-order valence-electron chi connectivity index (χ3n) is 3.87. The van der Waals surface area contributed by atoms with Gasteiger partial charge in [0.15, 0.2) is 0 Å². The molecule has 1 atom stereocenters. The maximum atomic E-state index is 12.5. The zero-order valence-electron chi connectivity index (χ0n) is 15.3. The first-order chi connectivity index (χ1) is 12.5. The van der Waals surface area contributed by atoms with Gasteiger partial charge in [0.1, 0.15) is 18.7 Å². The van der Waals surface area contributed by atoms with Gasteiger partial charge in [-0.05, 0) is 23.5 Å². The number of carbonyl (C=O) groups excluding carboxylic acids is 2. The van der Waals surface area contributed by atoms with Crippen LogP contribution in [-0.2, 0) is 22.6 Å². The predicted octanol–water partition coefficient (Wildman–Crippen LogP) is 1.71. The maximum Gasteiger partial charge on any atom is 0.407 e. The Morgan fingerprint density at radius 1 is 1.23 bits per heavy atom. The fraction of sp³-hybridized carbons (Fsp3) is 0.444. The van der Waals surface area contributed by atoms with Gasteiger partial charge in [-0.1, -0.05) is 38.1 Å². The van der Waals surface area contributed by atoms with Gasteiger partial charge >= 0.3 is 6.09 Å². The van der Waals surface area contributed by atoms with Crippen LogP contribution in [0, 0.1) is 5.92 Å². The predicted molar refractivity (Wildman–Crippen MR) is 96.2 cm³/mol. The molecule has 140 valence electrons. The smallest absolute Gasteiger partial charge is 0.407 e. The van der Waals surface area contributed by atoms with Crippen molar-refractivity contribution in [2.75, 3.05) is 7.11 Å². The van der Waals surface area contributed by atoms with Crippen LogP contribution in [0.2, 0.25) is 0 Å². The largest absolute Gasteiger partial charge is 0.453 e. The highest BCUT2D eigenvalue weighted by molar-refractivity contribution is 5.85. The maximum absolute atomic E-state index is 12.5. The minimum absolute atomic E-state index is 0.236. The Balaban J connectivity index is 2.01. The van der Waals surface area contributed by atoms with E-state index >= 15 is 0 Å². The number of amides is 2. The van der Waals surface area contributed by atoms with E-state index in [1.54, 1.807) is 11.0 Å². The SMILES string of the molecule is COC(=O)NC(CC(C)C)C(=O)NCc1ccccc1Cn1cncn1. The molecule has 1 heterocycles. The van der Waals surface area contributed by atoms with Crippen molar-refractivity contribution in [1.82, 2.24) is 25.4 Å². The second-order valence-corrected chi connectivity index (χ2v) is 6.40. The first kappa shape index (κ1) is 19.4. The van der Waals surface area contributed by atoms with Crippen molar-refractivity contribution >= 4 is 12.0 Å². The summed E-state index contributed by atoms with van der Waals surface area (Å²) in [6, 6.07) is 7.17. The second-order valence-electron chi connectivity index (χ2n) is 6.40. The summed E-state index contributed by atoms with van der Waals surface area (Å²) in [4.78, 5) is 27.9. The van der Waals surface area contributed by atoms with Crippen LogP contribution in [0.4, 0.5) is 4.79 Å². The minimum atomic E-state index is -0.634. The number of ether oxygens (including phenoxy) is 1. The molecule has 0 fully saturated rings. The lowest BCUT2D eigenvalue weighted by atomic mass is 10.0. The fourth-order valence-electron chi connectivity index (χ4n) is 2.58. The zero-order chi connectivity index (χ0) is 18.9. The van der Waals surface area contributed by atoms with E-state index < -0.39 is 12.1 Å². The summed E-state index contributed by atoms with van der Waals surface area (Å²) in [6.07, 6.45) is 3.05. The van der Waals surface area contributed by atoms with E-state index in [1.165, 1.54) is 13.4 Å². The van der Waals surface area contributed by atoms with E-state index in [0.717, 1.165) is 11.1 Å². The van der Waals surface area contributed by atoms with E-state index in [4.69, 9.17) is 0 Å². The molecule has 0 spiro atoms. The van der Waals surface area contributed by atoms with Gasteiger partial charge in [-0.25, -0.2) is 14.5 Å². The van der Waals surface area contributed by atoms with Crippen LogP contribution in [0.15, 0.2) is 36.9 Å². The highest BCUT2D eigenvalue weighted by Gasteiger charge is 2.22. The molecule has 0 aliphatic rings. The number of nitrogens with one attached hydrogen (secondary N) is 2. The van der Waals surface area contributed by atoms with Crippen molar-refractivity contribution in [2.24, 2.45) is 5.92 Å². The third-order valence-corrected chi connectivity index (χ3v) is 3.87. The Hall–Kier alpha value is -2.90. The Bertz CT molecular complexity index is 715. The molecule has 1 aromatic heterocycles. The van der Waals surface area contributed by atoms with Crippen LogP contribution in [-0.4, -0.2) is 39.9 Å². The molecular weight excluding hydrogens is 334 g/mol. The first-order valence-corrected chi connectivity index (χ1v) is 8.51. The molecule has 26 heavy (non-hydrogen) atoms. The van der Waals surface area contributed by atoms with Crippen LogP contribution in [0.5, 0.6) is 0 Å². The van der Waals surface area contributed by atoms with Gasteiger partial charge < -0.3 is 15.4 Å². The standard InChI is InChI=1S/C18H25N5O3/c1-13(2)8-16(22-18(25)26-3)17(24)20-9-14-6-4-5-7-15(14)10-23-12-19-11-21-23/h4-7,11-13,16H,8-10H2,1-3H3,(H,20,24)(H,22,25). The van der Waals surface area contributed by atoms with E-state index in [9.17, 15) is 9.59 Å². The Labute approximate surface area is 153 Å². The molecule has 8 heteroatoms. The summed E-state index contributed by atoms with van der Waals surface area (Å²) in [5.74, 6) is 0.0159. The molecule has 0 saturated heterocycles. The van der Waals surface area contributed by atoms with Crippen LogP contribution >= 0.6 is 0 Å². The summed E-state index contributed by atoms with van der Waals surface area (Å²) in [5, 5.41) is 9.60. The van der Waals surface area contributed by atoms with Crippen molar-refractivity contribution in [3.63, 3.8) is 0 Å². The molecular formula is C18H25N5O3. The topological polar surface area (TPSA) is 98.1 Å². The molecule has 1 aromatic carbocycles. The molecule has 2 rings (SSSR count). The highest BCUT2D eigenvalue weighted by atomic mass is 16.5. The fourth-order valence-corrected chi connectivity index (χ4v) is 2.58. The van der Waals surface area contributed by atoms with Crippen LogP contribution in [0.1, 0.15) is 31.4 Å². The monoisotopic (exact) mass is 359 g/mol. The van der Waals surface area contributed by atoms with E-state index in [-0.39, 0.29) is 11.8 Å². The van der Waals surface area contributed by atoms with Crippen molar-refractivity contribution in [3.05, 3.63) is 48.0 Å². The number of rotatable bonds is 8. The first-order valence-electron chi connectivity index (χ1n) is 8.51.